The summed E-state index contributed by atoms with van der Waals surface area (Å²) >= 11 is 5.81. The second-order valence-corrected chi connectivity index (χ2v) is 5.05. The van der Waals surface area contributed by atoms with Gasteiger partial charge in [-0.25, -0.2) is 0 Å². The maximum Gasteiger partial charge on any atom is 0.238 e. The lowest BCUT2D eigenvalue weighted by Crippen LogP contribution is -2.55. The summed E-state index contributed by atoms with van der Waals surface area (Å²) < 4.78 is 0. The zero-order valence-corrected chi connectivity index (χ0v) is 11.2. The summed E-state index contributed by atoms with van der Waals surface area (Å²) in [7, 11) is 2.03. The van der Waals surface area contributed by atoms with E-state index in [1.54, 1.807) is 0 Å². The summed E-state index contributed by atoms with van der Waals surface area (Å²) in [6.45, 7) is 3.14. The van der Waals surface area contributed by atoms with Crippen LogP contribution in [0.3, 0.4) is 0 Å². The first-order valence-electron chi connectivity index (χ1n) is 6.09. The van der Waals surface area contributed by atoms with Crippen molar-refractivity contribution in [1.29, 1.82) is 0 Å². The van der Waals surface area contributed by atoms with Crippen molar-refractivity contribution in [1.82, 2.24) is 15.5 Å². The number of nitrogens with one attached hydrogen (secondary N) is 2. The van der Waals surface area contributed by atoms with Gasteiger partial charge in [0.25, 0.3) is 0 Å². The van der Waals surface area contributed by atoms with E-state index in [4.69, 9.17) is 11.6 Å². The Hall–Kier alpha value is -1.10. The molecule has 0 aliphatic carbocycles. The zero-order valence-electron chi connectivity index (χ0n) is 10.4. The third-order valence-electron chi connectivity index (χ3n) is 3.07. The highest BCUT2D eigenvalue weighted by molar-refractivity contribution is 6.30. The van der Waals surface area contributed by atoms with E-state index >= 15 is 0 Å². The highest BCUT2D eigenvalue weighted by Gasteiger charge is 2.22. The number of likely N-dealkylation sites (N-methyl/N-ethyl adjacent to an activating group) is 1. The monoisotopic (exact) mass is 267 g/mol. The van der Waals surface area contributed by atoms with Gasteiger partial charge in [0.2, 0.25) is 5.91 Å². The Morgan fingerprint density at radius 2 is 2.22 bits per heavy atom. The van der Waals surface area contributed by atoms with Crippen LogP contribution in [-0.2, 0) is 11.3 Å². The van der Waals surface area contributed by atoms with E-state index in [-0.39, 0.29) is 11.9 Å². The molecule has 4 nitrogen and oxygen atoms in total. The van der Waals surface area contributed by atoms with Crippen LogP contribution in [0.5, 0.6) is 0 Å². The lowest BCUT2D eigenvalue weighted by Gasteiger charge is -2.29. The smallest absolute Gasteiger partial charge is 0.238 e. The summed E-state index contributed by atoms with van der Waals surface area (Å²) in [6.07, 6.45) is 0. The summed E-state index contributed by atoms with van der Waals surface area (Å²) in [6, 6.07) is 7.38. The Kier molecular flexibility index (Phi) is 4.58. The van der Waals surface area contributed by atoms with E-state index in [1.807, 2.05) is 31.3 Å². The summed E-state index contributed by atoms with van der Waals surface area (Å²) in [5.74, 6) is 0.0523. The standard InChI is InChI=1S/C13H18ClN3O/c1-17-7-6-15-12(9-17)13(18)16-8-10-2-4-11(14)5-3-10/h2-5,12,15H,6-9H2,1H3,(H,16,18). The molecule has 0 spiro atoms. The van der Waals surface area contributed by atoms with Crippen LogP contribution in [0.1, 0.15) is 5.56 Å². The quantitative estimate of drug-likeness (QED) is 0.854. The molecule has 0 radical (unpaired) electrons. The highest BCUT2D eigenvalue weighted by Crippen LogP contribution is 2.09. The maximum atomic E-state index is 12.0. The fourth-order valence-electron chi connectivity index (χ4n) is 1.99. The van der Waals surface area contributed by atoms with Crippen LogP contribution < -0.4 is 10.6 Å². The minimum Gasteiger partial charge on any atom is -0.351 e. The van der Waals surface area contributed by atoms with E-state index in [1.165, 1.54) is 0 Å². The first-order chi connectivity index (χ1) is 8.65. The average Bonchev–Trinajstić information content (AvgIpc) is 2.38. The van der Waals surface area contributed by atoms with Crippen LogP contribution >= 0.6 is 11.6 Å². The predicted octanol–water partition coefficient (Wildman–Crippen LogP) is 0.860. The zero-order chi connectivity index (χ0) is 13.0. The van der Waals surface area contributed by atoms with Gasteiger partial charge in [0.15, 0.2) is 0 Å². The van der Waals surface area contributed by atoms with Gasteiger partial charge in [0.1, 0.15) is 0 Å². The molecule has 1 aliphatic rings. The molecule has 1 amide bonds. The number of carbonyl (C=O) groups excluding carboxylic acids is 1. The molecule has 18 heavy (non-hydrogen) atoms. The normalized spacial score (nSPS) is 20.7. The van der Waals surface area contributed by atoms with Gasteiger partial charge in [-0.3, -0.25) is 4.79 Å². The first-order valence-corrected chi connectivity index (χ1v) is 6.47. The number of nitrogens with zero attached hydrogens (tertiary/aromatic N) is 1. The van der Waals surface area contributed by atoms with Crippen LogP contribution in [0.4, 0.5) is 0 Å². The van der Waals surface area contributed by atoms with Crippen LogP contribution in [0.2, 0.25) is 5.02 Å². The third-order valence-corrected chi connectivity index (χ3v) is 3.33. The van der Waals surface area contributed by atoms with Crippen molar-refractivity contribution in [2.75, 3.05) is 26.7 Å². The van der Waals surface area contributed by atoms with E-state index < -0.39 is 0 Å². The molecule has 2 rings (SSSR count). The largest absolute Gasteiger partial charge is 0.351 e. The van der Waals surface area contributed by atoms with Crippen LogP contribution in [0, 0.1) is 0 Å². The van der Waals surface area contributed by atoms with E-state index in [9.17, 15) is 4.79 Å². The molecular weight excluding hydrogens is 250 g/mol. The molecule has 1 atom stereocenters. The molecule has 1 aromatic carbocycles. The van der Waals surface area contributed by atoms with Crippen molar-refractivity contribution in [3.05, 3.63) is 34.9 Å². The Morgan fingerprint density at radius 1 is 1.50 bits per heavy atom. The van der Waals surface area contributed by atoms with Crippen LogP contribution in [-0.4, -0.2) is 43.5 Å². The predicted molar refractivity (Wildman–Crippen MR) is 72.6 cm³/mol. The molecule has 0 bridgehead atoms. The van der Waals surface area contributed by atoms with E-state index in [0.717, 1.165) is 25.2 Å². The van der Waals surface area contributed by atoms with Crippen molar-refractivity contribution in [3.63, 3.8) is 0 Å². The van der Waals surface area contributed by atoms with E-state index in [2.05, 4.69) is 15.5 Å². The number of piperazine rings is 1. The lowest BCUT2D eigenvalue weighted by atomic mass is 10.2. The maximum absolute atomic E-state index is 12.0. The molecule has 1 aliphatic heterocycles. The molecule has 98 valence electrons. The van der Waals surface area contributed by atoms with Gasteiger partial charge in [-0.05, 0) is 24.7 Å². The van der Waals surface area contributed by atoms with Gasteiger partial charge in [-0.2, -0.15) is 0 Å². The second kappa shape index (κ2) is 6.18. The molecule has 0 aromatic heterocycles. The number of hydrogen-bond donors (Lipinski definition) is 2. The number of hydrogen-bond acceptors (Lipinski definition) is 3. The number of rotatable bonds is 3. The fourth-order valence-corrected chi connectivity index (χ4v) is 2.11. The molecule has 2 N–H and O–H groups in total. The average molecular weight is 268 g/mol. The summed E-state index contributed by atoms with van der Waals surface area (Å²) in [4.78, 5) is 14.1. The van der Waals surface area contributed by atoms with Crippen molar-refractivity contribution in [3.8, 4) is 0 Å². The molecule has 0 saturated carbocycles. The van der Waals surface area contributed by atoms with Crippen LogP contribution in [0.15, 0.2) is 24.3 Å². The van der Waals surface area contributed by atoms with Crippen molar-refractivity contribution in [2.45, 2.75) is 12.6 Å². The Balaban J connectivity index is 1.82. The van der Waals surface area contributed by atoms with Gasteiger partial charge >= 0.3 is 0 Å². The van der Waals surface area contributed by atoms with Gasteiger partial charge in [-0.1, -0.05) is 23.7 Å². The van der Waals surface area contributed by atoms with Gasteiger partial charge in [0.05, 0.1) is 6.04 Å². The lowest BCUT2D eigenvalue weighted by molar-refractivity contribution is -0.124. The Labute approximate surface area is 112 Å². The topological polar surface area (TPSA) is 44.4 Å². The number of halogens is 1. The number of benzene rings is 1. The first kappa shape index (κ1) is 13.3. The number of amides is 1. The van der Waals surface area contributed by atoms with Crippen molar-refractivity contribution < 1.29 is 4.79 Å². The van der Waals surface area contributed by atoms with Crippen molar-refractivity contribution in [2.24, 2.45) is 0 Å². The minimum atomic E-state index is -0.115. The Morgan fingerprint density at radius 3 is 2.89 bits per heavy atom. The minimum absolute atomic E-state index is 0.0523. The molecule has 5 heteroatoms. The molecule has 1 heterocycles. The Bertz CT molecular complexity index is 407. The molecule has 1 aromatic rings. The molecular formula is C13H18ClN3O. The SMILES string of the molecule is CN1CCNC(C(=O)NCc2ccc(Cl)cc2)C1. The van der Waals surface area contributed by atoms with Gasteiger partial charge in [-0.15, -0.1) is 0 Å². The van der Waals surface area contributed by atoms with Crippen molar-refractivity contribution >= 4 is 17.5 Å². The summed E-state index contributed by atoms with van der Waals surface area (Å²) in [5.41, 5.74) is 1.05. The van der Waals surface area contributed by atoms with E-state index in [0.29, 0.717) is 11.6 Å². The molecule has 1 fully saturated rings. The third kappa shape index (κ3) is 3.70. The molecule has 1 saturated heterocycles. The summed E-state index contributed by atoms with van der Waals surface area (Å²) in [5, 5.41) is 6.87. The highest BCUT2D eigenvalue weighted by atomic mass is 35.5. The van der Waals surface area contributed by atoms with Gasteiger partial charge < -0.3 is 15.5 Å². The fraction of sp³-hybridized carbons (Fsp3) is 0.462. The number of carbonyl (C=O) groups is 1. The second-order valence-electron chi connectivity index (χ2n) is 4.61. The van der Waals surface area contributed by atoms with Crippen LogP contribution in [0.25, 0.3) is 0 Å². The van der Waals surface area contributed by atoms with Gasteiger partial charge in [0, 0.05) is 31.2 Å². The molecule has 1 unspecified atom stereocenters.